The van der Waals surface area contributed by atoms with Crippen molar-refractivity contribution in [2.45, 2.75) is 43.5 Å². The monoisotopic (exact) mass is 362 g/mol. The minimum absolute atomic E-state index is 0.161. The van der Waals surface area contributed by atoms with Crippen LogP contribution in [-0.4, -0.2) is 59.9 Å². The van der Waals surface area contributed by atoms with E-state index in [4.69, 9.17) is 5.11 Å². The van der Waals surface area contributed by atoms with Crippen LogP contribution in [0.4, 0.5) is 0 Å². The van der Waals surface area contributed by atoms with Gasteiger partial charge >= 0.3 is 0 Å². The van der Waals surface area contributed by atoms with E-state index in [-0.39, 0.29) is 17.9 Å². The number of nitrogens with zero attached hydrogens (tertiary/aromatic N) is 2. The summed E-state index contributed by atoms with van der Waals surface area (Å²) >= 11 is 1.79. The number of carbonyl (C=O) groups excluding carboxylic acids is 1. The van der Waals surface area contributed by atoms with Crippen LogP contribution in [0, 0.1) is 5.41 Å². The lowest BCUT2D eigenvalue weighted by atomic mass is 9.73. The summed E-state index contributed by atoms with van der Waals surface area (Å²) in [4.78, 5) is 18.1. The van der Waals surface area contributed by atoms with Crippen LogP contribution >= 0.6 is 11.8 Å². The predicted molar refractivity (Wildman–Crippen MR) is 103 cm³/mol. The molecular weight excluding hydrogens is 332 g/mol. The van der Waals surface area contributed by atoms with Crippen molar-refractivity contribution in [3.63, 3.8) is 0 Å². The Hall–Kier alpha value is -1.04. The number of likely N-dealkylation sites (tertiary alicyclic amines) is 2. The average molecular weight is 363 g/mol. The zero-order valence-electron chi connectivity index (χ0n) is 15.2. The van der Waals surface area contributed by atoms with Crippen LogP contribution < -0.4 is 0 Å². The first-order valence-corrected chi connectivity index (χ1v) is 10.6. The van der Waals surface area contributed by atoms with Gasteiger partial charge in [0, 0.05) is 49.5 Å². The fraction of sp³-hybridized carbons (Fsp3) is 0.650. The second kappa shape index (κ2) is 8.56. The van der Waals surface area contributed by atoms with Crippen molar-refractivity contribution >= 4 is 17.7 Å². The maximum absolute atomic E-state index is 12.2. The zero-order chi connectivity index (χ0) is 17.7. The van der Waals surface area contributed by atoms with Crippen LogP contribution in [0.3, 0.4) is 0 Å². The molecule has 5 heteroatoms. The highest BCUT2D eigenvalue weighted by molar-refractivity contribution is 7.98. The van der Waals surface area contributed by atoms with Crippen molar-refractivity contribution in [1.29, 1.82) is 0 Å². The molecule has 2 aliphatic rings. The van der Waals surface area contributed by atoms with Crippen molar-refractivity contribution in [2.75, 3.05) is 39.0 Å². The molecular formula is C20H30N2O2S. The molecule has 2 saturated heterocycles. The third-order valence-electron chi connectivity index (χ3n) is 5.62. The maximum atomic E-state index is 12.2. The second-order valence-electron chi connectivity index (χ2n) is 7.56. The Morgan fingerprint density at radius 3 is 2.96 bits per heavy atom. The summed E-state index contributed by atoms with van der Waals surface area (Å²) in [6.45, 7) is 4.96. The Morgan fingerprint density at radius 2 is 2.16 bits per heavy atom. The van der Waals surface area contributed by atoms with Gasteiger partial charge in [0.05, 0.1) is 0 Å². The number of carbonyl (C=O) groups is 1. The second-order valence-corrected chi connectivity index (χ2v) is 8.44. The van der Waals surface area contributed by atoms with E-state index in [1.807, 2.05) is 4.90 Å². The number of thioether (sulfide) groups is 1. The summed E-state index contributed by atoms with van der Waals surface area (Å²) < 4.78 is 0. The minimum Gasteiger partial charge on any atom is -0.396 e. The van der Waals surface area contributed by atoms with E-state index < -0.39 is 0 Å². The normalized spacial score (nSPS) is 24.9. The molecule has 1 N–H and O–H groups in total. The highest BCUT2D eigenvalue weighted by Gasteiger charge is 2.41. The molecule has 3 rings (SSSR count). The van der Waals surface area contributed by atoms with Crippen molar-refractivity contribution in [1.82, 2.24) is 9.80 Å². The summed E-state index contributed by atoms with van der Waals surface area (Å²) in [6.07, 6.45) is 6.92. The molecule has 2 heterocycles. The highest BCUT2D eigenvalue weighted by atomic mass is 32.2. The van der Waals surface area contributed by atoms with E-state index in [1.54, 1.807) is 11.8 Å². The highest BCUT2D eigenvalue weighted by Crippen LogP contribution is 2.39. The number of aliphatic hydroxyl groups excluding tert-OH is 1. The van der Waals surface area contributed by atoms with Crippen molar-refractivity contribution in [2.24, 2.45) is 5.41 Å². The van der Waals surface area contributed by atoms with Gasteiger partial charge in [0.25, 0.3) is 0 Å². The largest absolute Gasteiger partial charge is 0.396 e. The molecule has 2 fully saturated rings. The topological polar surface area (TPSA) is 43.8 Å². The van der Waals surface area contributed by atoms with Crippen LogP contribution in [0.5, 0.6) is 0 Å². The summed E-state index contributed by atoms with van der Waals surface area (Å²) in [5.74, 6) is 0.267. The lowest BCUT2D eigenvalue weighted by Gasteiger charge is -2.48. The zero-order valence-corrected chi connectivity index (χ0v) is 16.1. The van der Waals surface area contributed by atoms with Crippen LogP contribution in [0.1, 0.15) is 37.7 Å². The molecule has 0 aliphatic carbocycles. The Bertz CT molecular complexity index is 595. The molecule has 0 aromatic heterocycles. The fourth-order valence-electron chi connectivity index (χ4n) is 4.37. The van der Waals surface area contributed by atoms with Gasteiger partial charge in [-0.2, -0.15) is 0 Å². The summed E-state index contributed by atoms with van der Waals surface area (Å²) in [6, 6.07) is 8.83. The molecule has 1 aromatic rings. The minimum atomic E-state index is 0.161. The quantitative estimate of drug-likeness (QED) is 0.790. The smallest absolute Gasteiger partial charge is 0.222 e. The maximum Gasteiger partial charge on any atom is 0.222 e. The molecule has 0 bridgehead atoms. The van der Waals surface area contributed by atoms with Crippen molar-refractivity contribution < 1.29 is 9.90 Å². The number of hydrogen-bond donors (Lipinski definition) is 1. The summed E-state index contributed by atoms with van der Waals surface area (Å²) in [7, 11) is 0. The molecule has 1 unspecified atom stereocenters. The van der Waals surface area contributed by atoms with Crippen molar-refractivity contribution in [3.8, 4) is 0 Å². The number of piperidine rings is 2. The molecule has 138 valence electrons. The van der Waals surface area contributed by atoms with Gasteiger partial charge in [0.1, 0.15) is 0 Å². The van der Waals surface area contributed by atoms with E-state index in [9.17, 15) is 4.79 Å². The molecule has 0 saturated carbocycles. The number of hydrogen-bond acceptors (Lipinski definition) is 4. The Labute approximate surface area is 155 Å². The fourth-order valence-corrected chi connectivity index (χ4v) is 4.86. The lowest BCUT2D eigenvalue weighted by Crippen LogP contribution is -2.54. The average Bonchev–Trinajstić information content (AvgIpc) is 2.63. The summed E-state index contributed by atoms with van der Waals surface area (Å²) in [5.41, 5.74) is 1.63. The van der Waals surface area contributed by atoms with Crippen LogP contribution in [0.15, 0.2) is 29.2 Å². The third-order valence-corrected chi connectivity index (χ3v) is 6.34. The molecule has 1 spiro atoms. The molecule has 1 aromatic carbocycles. The van der Waals surface area contributed by atoms with Crippen LogP contribution in [-0.2, 0) is 11.3 Å². The molecule has 0 radical (unpaired) electrons. The van der Waals surface area contributed by atoms with Gasteiger partial charge in [-0.05, 0) is 56.2 Å². The Morgan fingerprint density at radius 1 is 1.28 bits per heavy atom. The van der Waals surface area contributed by atoms with Gasteiger partial charge in [-0.25, -0.2) is 0 Å². The molecule has 25 heavy (non-hydrogen) atoms. The van der Waals surface area contributed by atoms with Gasteiger partial charge in [0.2, 0.25) is 5.91 Å². The van der Waals surface area contributed by atoms with Gasteiger partial charge in [-0.3, -0.25) is 9.69 Å². The number of amides is 1. The van der Waals surface area contributed by atoms with E-state index in [0.717, 1.165) is 32.6 Å². The number of rotatable bonds is 6. The Balaban J connectivity index is 1.64. The van der Waals surface area contributed by atoms with Crippen LogP contribution in [0.25, 0.3) is 0 Å². The third kappa shape index (κ3) is 4.78. The lowest BCUT2D eigenvalue weighted by molar-refractivity contribution is -0.139. The standard InChI is InChI=1S/C20H30N2O2S/c1-25-18-6-2-5-17(13-18)14-21-10-3-8-20(15-21)9-7-19(24)22(16-20)11-4-12-23/h2,5-6,13,23H,3-4,7-12,14-16H2,1H3. The van der Waals surface area contributed by atoms with Crippen molar-refractivity contribution in [3.05, 3.63) is 29.8 Å². The predicted octanol–water partition coefficient (Wildman–Crippen LogP) is 3.00. The summed E-state index contributed by atoms with van der Waals surface area (Å²) in [5, 5.41) is 9.09. The molecule has 1 amide bonds. The van der Waals surface area contributed by atoms with E-state index in [1.165, 1.54) is 23.3 Å². The van der Waals surface area contributed by atoms with Gasteiger partial charge in [0.15, 0.2) is 0 Å². The number of aliphatic hydroxyl groups is 1. The number of benzene rings is 1. The molecule has 2 aliphatic heterocycles. The first-order chi connectivity index (χ1) is 12.1. The van der Waals surface area contributed by atoms with Gasteiger partial charge < -0.3 is 10.0 Å². The van der Waals surface area contributed by atoms with E-state index in [0.29, 0.717) is 19.4 Å². The van der Waals surface area contributed by atoms with E-state index in [2.05, 4.69) is 35.4 Å². The SMILES string of the molecule is CSc1cccc(CN2CCCC3(CCC(=O)N(CCCO)C3)C2)c1. The molecule has 4 nitrogen and oxygen atoms in total. The molecule has 1 atom stereocenters. The van der Waals surface area contributed by atoms with Crippen LogP contribution in [0.2, 0.25) is 0 Å². The van der Waals surface area contributed by atoms with E-state index >= 15 is 0 Å². The first-order valence-electron chi connectivity index (χ1n) is 9.38. The Kier molecular flexibility index (Phi) is 6.42. The van der Waals surface area contributed by atoms with Gasteiger partial charge in [-0.15, -0.1) is 11.8 Å². The van der Waals surface area contributed by atoms with Gasteiger partial charge in [-0.1, -0.05) is 12.1 Å². The first kappa shape index (κ1) is 18.7.